The van der Waals surface area contributed by atoms with Crippen molar-refractivity contribution in [2.75, 3.05) is 0 Å². The van der Waals surface area contributed by atoms with Crippen LogP contribution in [0.25, 0.3) is 21.5 Å². The fourth-order valence-electron chi connectivity index (χ4n) is 4.13. The molecule has 1 saturated carbocycles. The summed E-state index contributed by atoms with van der Waals surface area (Å²) in [5.74, 6) is -2.01. The second-order valence-corrected chi connectivity index (χ2v) is 10.5. The highest BCUT2D eigenvalue weighted by Crippen LogP contribution is 2.58. The first-order valence-electron chi connectivity index (χ1n) is 9.48. The Labute approximate surface area is 181 Å². The summed E-state index contributed by atoms with van der Waals surface area (Å²) < 4.78 is 33.5. The molecular weight excluding hydrogens is 438 g/mol. The van der Waals surface area contributed by atoms with Gasteiger partial charge in [0.2, 0.25) is 0 Å². The van der Waals surface area contributed by atoms with E-state index in [-0.39, 0.29) is 10.1 Å². The average Bonchev–Trinajstić information content (AvgIpc) is 3.18. The highest BCUT2D eigenvalue weighted by molar-refractivity contribution is 7.91. The van der Waals surface area contributed by atoms with Crippen molar-refractivity contribution in [1.29, 1.82) is 0 Å². The van der Waals surface area contributed by atoms with E-state index in [4.69, 9.17) is 4.63 Å². The molecule has 4 aromatic rings. The molecule has 0 radical (unpaired) electrons. The molecule has 2 aromatic heterocycles. The number of rotatable bonds is 6. The lowest BCUT2D eigenvalue weighted by atomic mass is 10.1. The maximum Gasteiger partial charge on any atom is 0.325 e. The minimum atomic E-state index is -4.05. The third-order valence-corrected chi connectivity index (χ3v) is 8.91. The van der Waals surface area contributed by atoms with Gasteiger partial charge in [0.05, 0.1) is 0 Å². The molecule has 5 rings (SSSR count). The van der Waals surface area contributed by atoms with Crippen LogP contribution in [0, 0.1) is 5.92 Å². The summed E-state index contributed by atoms with van der Waals surface area (Å²) in [6.45, 7) is 1.75. The molecule has 0 saturated heterocycles. The fourth-order valence-corrected chi connectivity index (χ4v) is 6.89. The van der Waals surface area contributed by atoms with Crippen molar-refractivity contribution in [3.05, 3.63) is 66.2 Å². The van der Waals surface area contributed by atoms with E-state index >= 15 is 0 Å². The molecule has 158 valence electrons. The van der Waals surface area contributed by atoms with Gasteiger partial charge >= 0.3 is 5.97 Å². The molecule has 2 N–H and O–H groups in total. The zero-order valence-corrected chi connectivity index (χ0v) is 17.9. The number of thiophene rings is 1. The fraction of sp³-hybridized carbons (Fsp3) is 0.190. The maximum atomic E-state index is 13.1. The number of benzene rings is 2. The summed E-state index contributed by atoms with van der Waals surface area (Å²) in [5.41, 5.74) is 1.16. The number of aliphatic carboxylic acids is 1. The average molecular weight is 456 g/mol. The number of nitrogens with zero attached hydrogens (tertiary/aromatic N) is 2. The van der Waals surface area contributed by atoms with Crippen molar-refractivity contribution in [2.24, 2.45) is 5.92 Å². The van der Waals surface area contributed by atoms with E-state index in [1.54, 1.807) is 31.2 Å². The first-order valence-corrected chi connectivity index (χ1v) is 11.8. The Morgan fingerprint density at radius 2 is 1.84 bits per heavy atom. The number of nitrogens with one attached hydrogen (secondary N) is 1. The summed E-state index contributed by atoms with van der Waals surface area (Å²) in [5, 5.41) is 17.5. The van der Waals surface area contributed by atoms with E-state index < -0.39 is 27.4 Å². The van der Waals surface area contributed by atoms with Gasteiger partial charge in [-0.25, -0.2) is 13.0 Å². The monoisotopic (exact) mass is 455 g/mol. The van der Waals surface area contributed by atoms with Gasteiger partial charge in [-0.15, -0.1) is 11.3 Å². The minimum Gasteiger partial charge on any atom is -0.480 e. The van der Waals surface area contributed by atoms with Crippen molar-refractivity contribution in [1.82, 2.24) is 15.0 Å². The van der Waals surface area contributed by atoms with Gasteiger partial charge in [0.15, 0.2) is 0 Å². The van der Waals surface area contributed by atoms with Gasteiger partial charge in [-0.05, 0) is 51.6 Å². The Kier molecular flexibility index (Phi) is 4.47. The lowest BCUT2D eigenvalue weighted by molar-refractivity contribution is -0.140. The van der Waals surface area contributed by atoms with E-state index in [0.29, 0.717) is 15.9 Å². The Hall–Kier alpha value is -3.08. The molecule has 0 bridgehead atoms. The van der Waals surface area contributed by atoms with Crippen LogP contribution in [0.1, 0.15) is 18.4 Å². The Balaban J connectivity index is 1.46. The summed E-state index contributed by atoms with van der Waals surface area (Å²) in [6, 6.07) is 17.6. The molecule has 31 heavy (non-hydrogen) atoms. The smallest absolute Gasteiger partial charge is 0.325 e. The van der Waals surface area contributed by atoms with E-state index in [1.807, 2.05) is 30.3 Å². The number of carboxylic acid groups (broad SMARTS) is 1. The van der Waals surface area contributed by atoms with Gasteiger partial charge in [-0.2, -0.15) is 4.72 Å². The molecular formula is C21H17N3O5S2. The van der Waals surface area contributed by atoms with Crippen LogP contribution in [-0.2, 0) is 14.8 Å². The van der Waals surface area contributed by atoms with Gasteiger partial charge in [-0.3, -0.25) is 4.79 Å². The number of hydrogen-bond acceptors (Lipinski definition) is 7. The van der Waals surface area contributed by atoms with E-state index in [0.717, 1.165) is 22.5 Å². The van der Waals surface area contributed by atoms with E-state index in [1.165, 1.54) is 6.07 Å². The zero-order chi connectivity index (χ0) is 21.8. The van der Waals surface area contributed by atoms with Gasteiger partial charge in [0, 0.05) is 10.8 Å². The van der Waals surface area contributed by atoms with Crippen LogP contribution in [0.3, 0.4) is 0 Å². The van der Waals surface area contributed by atoms with E-state index in [2.05, 4.69) is 15.0 Å². The number of aromatic nitrogens is 2. The van der Waals surface area contributed by atoms with Crippen molar-refractivity contribution in [2.45, 2.75) is 22.6 Å². The van der Waals surface area contributed by atoms with Gasteiger partial charge in [-0.1, -0.05) is 43.3 Å². The van der Waals surface area contributed by atoms with Crippen LogP contribution in [0.5, 0.6) is 0 Å². The molecule has 0 spiro atoms. The lowest BCUT2D eigenvalue weighted by Crippen LogP contribution is -2.45. The van der Waals surface area contributed by atoms with Crippen molar-refractivity contribution in [3.63, 3.8) is 0 Å². The summed E-state index contributed by atoms with van der Waals surface area (Å²) >= 11 is 1.06. The molecule has 1 aliphatic rings. The normalized spacial score (nSPS) is 23.1. The van der Waals surface area contributed by atoms with Crippen LogP contribution in [-0.4, -0.2) is 35.3 Å². The molecule has 3 atom stereocenters. The van der Waals surface area contributed by atoms with Crippen LogP contribution >= 0.6 is 11.3 Å². The van der Waals surface area contributed by atoms with Crippen molar-refractivity contribution < 1.29 is 22.9 Å². The lowest BCUT2D eigenvalue weighted by Gasteiger charge is -2.15. The van der Waals surface area contributed by atoms with Gasteiger partial charge in [0.1, 0.15) is 20.8 Å². The number of sulfonamides is 1. The first kappa shape index (κ1) is 19.9. The predicted octanol–water partition coefficient (Wildman–Crippen LogP) is 3.49. The molecule has 1 unspecified atom stereocenters. The third kappa shape index (κ3) is 3.14. The summed E-state index contributed by atoms with van der Waals surface area (Å²) in [4.78, 5) is 12.9. The van der Waals surface area contributed by atoms with Crippen molar-refractivity contribution >= 4 is 38.4 Å². The Morgan fingerprint density at radius 1 is 1.10 bits per heavy atom. The van der Waals surface area contributed by atoms with Gasteiger partial charge in [0.25, 0.3) is 10.0 Å². The largest absolute Gasteiger partial charge is 0.480 e. The molecule has 1 fully saturated rings. The van der Waals surface area contributed by atoms with Crippen LogP contribution in [0.2, 0.25) is 0 Å². The molecule has 10 heteroatoms. The van der Waals surface area contributed by atoms with E-state index in [9.17, 15) is 18.3 Å². The summed E-state index contributed by atoms with van der Waals surface area (Å²) in [7, 11) is -4.05. The first-order chi connectivity index (χ1) is 14.8. The topological polar surface area (TPSA) is 122 Å². The molecule has 1 aliphatic carbocycles. The van der Waals surface area contributed by atoms with Crippen molar-refractivity contribution in [3.8, 4) is 10.4 Å². The molecule has 0 amide bonds. The van der Waals surface area contributed by atoms with Crippen LogP contribution < -0.4 is 4.72 Å². The minimum absolute atomic E-state index is 0.0485. The van der Waals surface area contributed by atoms with Crippen LogP contribution in [0.15, 0.2) is 69.5 Å². The highest BCUT2D eigenvalue weighted by atomic mass is 32.2. The SMILES string of the molecule is CC1[C@@H](c2ccccc2)[C@]1(NS(=O)(=O)c1ccc(-c2ccc3nonc3c2)s1)C(=O)O. The quantitative estimate of drug-likeness (QED) is 0.456. The standard InChI is InChI=1S/C21H17N3O5S2/c1-12-19(13-5-3-2-4-6-13)21(12,20(25)26)24-31(27,28)18-10-9-17(30-18)14-7-8-15-16(11-14)23-29-22-15/h2-12,19,24H,1H3,(H,25,26)/t12?,19-,21-/m0/s1. The second kappa shape index (κ2) is 6.98. The molecule has 8 nitrogen and oxygen atoms in total. The molecule has 0 aliphatic heterocycles. The van der Waals surface area contributed by atoms with Crippen LogP contribution in [0.4, 0.5) is 0 Å². The third-order valence-electron chi connectivity index (χ3n) is 5.80. The Morgan fingerprint density at radius 3 is 2.58 bits per heavy atom. The molecule has 2 heterocycles. The maximum absolute atomic E-state index is 13.1. The molecule has 2 aromatic carbocycles. The Bertz CT molecular complexity index is 1400. The number of carbonyl (C=O) groups is 1. The van der Waals surface area contributed by atoms with Gasteiger partial charge < -0.3 is 5.11 Å². The zero-order valence-electron chi connectivity index (χ0n) is 16.2. The number of carboxylic acids is 1. The highest BCUT2D eigenvalue weighted by Gasteiger charge is 2.70. The number of fused-ring (bicyclic) bond motifs is 1. The summed E-state index contributed by atoms with van der Waals surface area (Å²) in [6.07, 6.45) is 0. The predicted molar refractivity (Wildman–Crippen MR) is 114 cm³/mol. The number of hydrogen-bond donors (Lipinski definition) is 2. The second-order valence-electron chi connectivity index (χ2n) is 7.54.